The summed E-state index contributed by atoms with van der Waals surface area (Å²) in [7, 11) is 0. The Kier molecular flexibility index (Phi) is 2.71. The second-order valence-corrected chi connectivity index (χ2v) is 4.03. The summed E-state index contributed by atoms with van der Waals surface area (Å²) in [6, 6.07) is 7.45. The third kappa shape index (κ3) is 1.95. The molecule has 1 heterocycles. The molecule has 0 fully saturated rings. The Balaban J connectivity index is 2.39. The number of hydrogen-bond acceptors (Lipinski definition) is 4. The zero-order chi connectivity index (χ0) is 11.6. The van der Waals surface area contributed by atoms with Crippen molar-refractivity contribution in [1.29, 1.82) is 5.26 Å². The SMILES string of the molecule is CC(N)(C#N)c1ccc2c(c1)OCCCO2. The number of nitrogens with zero attached hydrogens (tertiary/aromatic N) is 1. The smallest absolute Gasteiger partial charge is 0.161 e. The molecule has 0 saturated heterocycles. The second-order valence-electron chi connectivity index (χ2n) is 4.03. The fourth-order valence-corrected chi connectivity index (χ4v) is 1.55. The maximum absolute atomic E-state index is 8.96. The summed E-state index contributed by atoms with van der Waals surface area (Å²) in [6.45, 7) is 2.96. The van der Waals surface area contributed by atoms with Crippen LogP contribution in [0.4, 0.5) is 0 Å². The molecule has 1 unspecified atom stereocenters. The van der Waals surface area contributed by atoms with Crippen molar-refractivity contribution in [3.8, 4) is 17.6 Å². The summed E-state index contributed by atoms with van der Waals surface area (Å²) < 4.78 is 11.0. The lowest BCUT2D eigenvalue weighted by molar-refractivity contribution is 0.297. The topological polar surface area (TPSA) is 68.3 Å². The first-order chi connectivity index (χ1) is 7.63. The molecule has 1 aromatic rings. The van der Waals surface area contributed by atoms with Gasteiger partial charge in [0.25, 0.3) is 0 Å². The predicted molar refractivity (Wildman–Crippen MR) is 59.2 cm³/mol. The van der Waals surface area contributed by atoms with E-state index < -0.39 is 5.54 Å². The minimum Gasteiger partial charge on any atom is -0.490 e. The van der Waals surface area contributed by atoms with Crippen LogP contribution in [-0.2, 0) is 5.54 Å². The molecule has 0 amide bonds. The molecular weight excluding hydrogens is 204 g/mol. The zero-order valence-corrected chi connectivity index (χ0v) is 9.19. The molecule has 4 nitrogen and oxygen atoms in total. The van der Waals surface area contributed by atoms with E-state index in [1.54, 1.807) is 25.1 Å². The van der Waals surface area contributed by atoms with Gasteiger partial charge in [0.15, 0.2) is 11.5 Å². The highest BCUT2D eigenvalue weighted by Crippen LogP contribution is 2.33. The van der Waals surface area contributed by atoms with Crippen molar-refractivity contribution >= 4 is 0 Å². The van der Waals surface area contributed by atoms with Crippen LogP contribution in [0.15, 0.2) is 18.2 Å². The van der Waals surface area contributed by atoms with Crippen molar-refractivity contribution in [2.24, 2.45) is 5.73 Å². The Morgan fingerprint density at radius 3 is 2.69 bits per heavy atom. The Morgan fingerprint density at radius 2 is 2.00 bits per heavy atom. The molecule has 16 heavy (non-hydrogen) atoms. The highest BCUT2D eigenvalue weighted by molar-refractivity contribution is 5.46. The van der Waals surface area contributed by atoms with Crippen molar-refractivity contribution in [3.63, 3.8) is 0 Å². The first-order valence-electron chi connectivity index (χ1n) is 5.24. The maximum Gasteiger partial charge on any atom is 0.161 e. The number of hydrogen-bond donors (Lipinski definition) is 1. The van der Waals surface area contributed by atoms with Crippen LogP contribution in [0, 0.1) is 11.3 Å². The van der Waals surface area contributed by atoms with Gasteiger partial charge in [0.2, 0.25) is 0 Å². The van der Waals surface area contributed by atoms with Gasteiger partial charge in [0, 0.05) is 6.42 Å². The van der Waals surface area contributed by atoms with Gasteiger partial charge in [0.05, 0.1) is 19.3 Å². The van der Waals surface area contributed by atoms with Crippen LogP contribution in [0.3, 0.4) is 0 Å². The first kappa shape index (κ1) is 10.8. The molecule has 0 radical (unpaired) electrons. The summed E-state index contributed by atoms with van der Waals surface area (Å²) in [4.78, 5) is 0. The highest BCUT2D eigenvalue weighted by Gasteiger charge is 2.22. The van der Waals surface area contributed by atoms with E-state index in [1.807, 2.05) is 0 Å². The van der Waals surface area contributed by atoms with E-state index in [1.165, 1.54) is 0 Å². The summed E-state index contributed by atoms with van der Waals surface area (Å²) >= 11 is 0. The van der Waals surface area contributed by atoms with Gasteiger partial charge in [-0.25, -0.2) is 0 Å². The van der Waals surface area contributed by atoms with Gasteiger partial charge in [-0.05, 0) is 24.6 Å². The predicted octanol–water partition coefficient (Wildman–Crippen LogP) is 1.55. The largest absolute Gasteiger partial charge is 0.490 e. The first-order valence-corrected chi connectivity index (χ1v) is 5.24. The molecule has 1 aliphatic rings. The Hall–Kier alpha value is -1.73. The second kappa shape index (κ2) is 4.03. The van der Waals surface area contributed by atoms with Crippen molar-refractivity contribution < 1.29 is 9.47 Å². The molecule has 84 valence electrons. The number of rotatable bonds is 1. The van der Waals surface area contributed by atoms with Gasteiger partial charge in [-0.2, -0.15) is 5.26 Å². The number of fused-ring (bicyclic) bond motifs is 1. The van der Waals surface area contributed by atoms with Gasteiger partial charge in [-0.1, -0.05) is 6.07 Å². The lowest BCUT2D eigenvalue weighted by Crippen LogP contribution is -2.30. The van der Waals surface area contributed by atoms with Gasteiger partial charge in [0.1, 0.15) is 5.54 Å². The Morgan fingerprint density at radius 1 is 1.31 bits per heavy atom. The van der Waals surface area contributed by atoms with Crippen molar-refractivity contribution in [3.05, 3.63) is 23.8 Å². The molecule has 0 spiro atoms. The van der Waals surface area contributed by atoms with Crippen LogP contribution >= 0.6 is 0 Å². The highest BCUT2D eigenvalue weighted by atomic mass is 16.5. The van der Waals surface area contributed by atoms with Gasteiger partial charge in [-0.3, -0.25) is 0 Å². The summed E-state index contributed by atoms with van der Waals surface area (Å²) in [6.07, 6.45) is 0.863. The molecule has 0 aliphatic carbocycles. The molecule has 1 aromatic carbocycles. The molecule has 2 rings (SSSR count). The van der Waals surface area contributed by atoms with Crippen LogP contribution in [0.5, 0.6) is 11.5 Å². The number of nitriles is 1. The lowest BCUT2D eigenvalue weighted by atomic mass is 9.95. The Labute approximate surface area is 94.6 Å². The van der Waals surface area contributed by atoms with Crippen LogP contribution in [0.1, 0.15) is 18.9 Å². The normalized spacial score (nSPS) is 18.1. The minimum atomic E-state index is -0.995. The van der Waals surface area contributed by atoms with Gasteiger partial charge in [-0.15, -0.1) is 0 Å². The molecule has 1 atom stereocenters. The minimum absolute atomic E-state index is 0.629. The molecule has 0 bridgehead atoms. The standard InChI is InChI=1S/C12H14N2O2/c1-12(14,8-13)9-3-4-10-11(7-9)16-6-2-5-15-10/h3-4,7H,2,5-6,14H2,1H3. The molecule has 1 aliphatic heterocycles. The van der Waals surface area contributed by atoms with Crippen LogP contribution in [-0.4, -0.2) is 13.2 Å². The van der Waals surface area contributed by atoms with E-state index in [9.17, 15) is 0 Å². The van der Waals surface area contributed by atoms with E-state index in [2.05, 4.69) is 6.07 Å². The average molecular weight is 218 g/mol. The zero-order valence-electron chi connectivity index (χ0n) is 9.19. The van der Waals surface area contributed by atoms with Gasteiger partial charge >= 0.3 is 0 Å². The van der Waals surface area contributed by atoms with Crippen molar-refractivity contribution in [2.45, 2.75) is 18.9 Å². The monoisotopic (exact) mass is 218 g/mol. The van der Waals surface area contributed by atoms with E-state index >= 15 is 0 Å². The molecule has 0 saturated carbocycles. The third-order valence-corrected chi connectivity index (χ3v) is 2.58. The summed E-state index contributed by atoms with van der Waals surface area (Å²) in [5, 5.41) is 8.96. The summed E-state index contributed by atoms with van der Waals surface area (Å²) in [5.74, 6) is 1.39. The fourth-order valence-electron chi connectivity index (χ4n) is 1.55. The number of nitrogens with two attached hydrogens (primary N) is 1. The van der Waals surface area contributed by atoms with E-state index in [0.717, 1.165) is 17.7 Å². The van der Waals surface area contributed by atoms with Crippen molar-refractivity contribution in [2.75, 3.05) is 13.2 Å². The lowest BCUT2D eigenvalue weighted by Gasteiger charge is -2.17. The molecule has 0 aromatic heterocycles. The van der Waals surface area contributed by atoms with Crippen molar-refractivity contribution in [1.82, 2.24) is 0 Å². The number of ether oxygens (including phenoxy) is 2. The molecular formula is C12H14N2O2. The van der Waals surface area contributed by atoms with E-state index in [-0.39, 0.29) is 0 Å². The third-order valence-electron chi connectivity index (χ3n) is 2.58. The fraction of sp³-hybridized carbons (Fsp3) is 0.417. The van der Waals surface area contributed by atoms with E-state index in [4.69, 9.17) is 20.5 Å². The quantitative estimate of drug-likeness (QED) is 0.776. The van der Waals surface area contributed by atoms with Crippen LogP contribution < -0.4 is 15.2 Å². The van der Waals surface area contributed by atoms with Crippen LogP contribution in [0.2, 0.25) is 0 Å². The average Bonchev–Trinajstić information content (AvgIpc) is 2.53. The van der Waals surface area contributed by atoms with Gasteiger partial charge < -0.3 is 15.2 Å². The van der Waals surface area contributed by atoms with Crippen LogP contribution in [0.25, 0.3) is 0 Å². The molecule has 4 heteroatoms. The summed E-state index contributed by atoms with van der Waals surface area (Å²) in [5.41, 5.74) is 5.59. The maximum atomic E-state index is 8.96. The molecule has 2 N–H and O–H groups in total. The Bertz CT molecular complexity index is 435. The number of benzene rings is 1. The van der Waals surface area contributed by atoms with E-state index in [0.29, 0.717) is 19.0 Å².